The molecule has 2 heterocycles. The van der Waals surface area contributed by atoms with Crippen molar-refractivity contribution in [2.75, 3.05) is 5.32 Å². The highest BCUT2D eigenvalue weighted by Crippen LogP contribution is 2.26. The molecule has 0 bridgehead atoms. The highest BCUT2D eigenvalue weighted by molar-refractivity contribution is 7.09. The molecule has 3 rings (SSSR count). The van der Waals surface area contributed by atoms with Gasteiger partial charge in [0.1, 0.15) is 6.07 Å². The van der Waals surface area contributed by atoms with Gasteiger partial charge in [-0.3, -0.25) is 4.98 Å². The minimum absolute atomic E-state index is 0.251. The lowest BCUT2D eigenvalue weighted by atomic mass is 10.1. The highest BCUT2D eigenvalue weighted by Gasteiger charge is 2.12. The predicted molar refractivity (Wildman–Crippen MR) is 87.6 cm³/mol. The number of hydrogen-bond acceptors (Lipinski definition) is 4. The lowest BCUT2D eigenvalue weighted by molar-refractivity contribution is 0.801. The smallest absolute Gasteiger partial charge is 0.103 e. The van der Waals surface area contributed by atoms with E-state index in [0.717, 1.165) is 23.0 Å². The Labute approximate surface area is 127 Å². The van der Waals surface area contributed by atoms with Gasteiger partial charge in [-0.05, 0) is 24.4 Å². The molecular formula is C17H15N3S. The molecule has 0 radical (unpaired) electrons. The Bertz CT molecular complexity index is 787. The van der Waals surface area contributed by atoms with Gasteiger partial charge in [-0.1, -0.05) is 24.3 Å². The molecule has 0 fully saturated rings. The zero-order chi connectivity index (χ0) is 14.7. The fourth-order valence-corrected chi connectivity index (χ4v) is 3.24. The van der Waals surface area contributed by atoms with Crippen LogP contribution in [0.2, 0.25) is 0 Å². The summed E-state index contributed by atoms with van der Waals surface area (Å²) in [7, 11) is 0. The summed E-state index contributed by atoms with van der Waals surface area (Å²) in [6, 6.07) is 14.6. The number of rotatable bonds is 4. The van der Waals surface area contributed by atoms with Gasteiger partial charge in [0, 0.05) is 28.9 Å². The van der Waals surface area contributed by atoms with E-state index in [1.54, 1.807) is 17.5 Å². The van der Waals surface area contributed by atoms with Crippen molar-refractivity contribution < 1.29 is 0 Å². The van der Waals surface area contributed by atoms with E-state index in [4.69, 9.17) is 0 Å². The molecule has 0 spiro atoms. The maximum atomic E-state index is 9.32. The van der Waals surface area contributed by atoms with Gasteiger partial charge in [-0.15, -0.1) is 11.3 Å². The van der Waals surface area contributed by atoms with Crippen LogP contribution in [-0.2, 0) is 6.42 Å². The molecule has 1 atom stereocenters. The van der Waals surface area contributed by atoms with Crippen molar-refractivity contribution in [1.82, 2.24) is 4.98 Å². The summed E-state index contributed by atoms with van der Waals surface area (Å²) in [5.41, 5.74) is 2.38. The van der Waals surface area contributed by atoms with Crippen LogP contribution < -0.4 is 5.32 Å². The Morgan fingerprint density at radius 2 is 2.14 bits per heavy atom. The third-order valence-electron chi connectivity index (χ3n) is 3.37. The number of pyridine rings is 1. The first-order valence-corrected chi connectivity index (χ1v) is 7.72. The average molecular weight is 293 g/mol. The van der Waals surface area contributed by atoms with E-state index in [2.05, 4.69) is 40.8 Å². The minimum atomic E-state index is 0.251. The first-order valence-electron chi connectivity index (χ1n) is 6.84. The summed E-state index contributed by atoms with van der Waals surface area (Å²) < 4.78 is 0. The summed E-state index contributed by atoms with van der Waals surface area (Å²) >= 11 is 1.76. The Kier molecular flexibility index (Phi) is 3.85. The van der Waals surface area contributed by atoms with Crippen LogP contribution in [0.4, 0.5) is 5.69 Å². The second-order valence-corrected chi connectivity index (χ2v) is 6.04. The molecule has 0 aliphatic carbocycles. The third kappa shape index (κ3) is 2.88. The van der Waals surface area contributed by atoms with Crippen molar-refractivity contribution >= 4 is 27.9 Å². The lowest BCUT2D eigenvalue weighted by Crippen LogP contribution is -2.18. The average Bonchev–Trinajstić information content (AvgIpc) is 3.00. The summed E-state index contributed by atoms with van der Waals surface area (Å²) in [6.45, 7) is 2.13. The fourth-order valence-electron chi connectivity index (χ4n) is 2.41. The molecule has 1 N–H and O–H groups in total. The van der Waals surface area contributed by atoms with Crippen LogP contribution in [-0.4, -0.2) is 11.0 Å². The number of nitrogens with zero attached hydrogens (tertiary/aromatic N) is 2. The van der Waals surface area contributed by atoms with E-state index in [9.17, 15) is 5.26 Å². The number of thiophene rings is 1. The monoisotopic (exact) mass is 293 g/mol. The molecule has 3 aromatic rings. The molecule has 3 nitrogen and oxygen atoms in total. The molecule has 0 amide bonds. The van der Waals surface area contributed by atoms with Gasteiger partial charge in [0.2, 0.25) is 0 Å². The third-order valence-corrected chi connectivity index (χ3v) is 4.27. The van der Waals surface area contributed by atoms with E-state index < -0.39 is 0 Å². The Balaban J connectivity index is 1.93. The number of nitrogens with one attached hydrogen (secondary N) is 1. The van der Waals surface area contributed by atoms with Crippen LogP contribution >= 0.6 is 11.3 Å². The Morgan fingerprint density at radius 1 is 1.29 bits per heavy atom. The van der Waals surface area contributed by atoms with E-state index in [1.807, 2.05) is 24.3 Å². The lowest BCUT2D eigenvalue weighted by Gasteiger charge is -2.17. The molecule has 21 heavy (non-hydrogen) atoms. The summed E-state index contributed by atoms with van der Waals surface area (Å²) in [5, 5.41) is 15.9. The molecule has 0 aliphatic heterocycles. The Morgan fingerprint density at radius 3 is 2.90 bits per heavy atom. The standard InChI is InChI=1S/C17H15N3S/c1-12(9-14-5-4-8-21-14)20-17-13(10-18)11-19-16-7-3-2-6-15(16)17/h2-8,11-12H,9H2,1H3,(H,19,20). The highest BCUT2D eigenvalue weighted by atomic mass is 32.1. The van der Waals surface area contributed by atoms with Crippen LogP contribution in [0.15, 0.2) is 48.0 Å². The van der Waals surface area contributed by atoms with Crippen molar-refractivity contribution in [3.05, 3.63) is 58.4 Å². The zero-order valence-corrected chi connectivity index (χ0v) is 12.5. The quantitative estimate of drug-likeness (QED) is 0.784. The van der Waals surface area contributed by atoms with Crippen molar-refractivity contribution in [2.24, 2.45) is 0 Å². The summed E-state index contributed by atoms with van der Waals surface area (Å²) in [4.78, 5) is 5.67. The number of benzene rings is 1. The SMILES string of the molecule is CC(Cc1cccs1)Nc1c(C#N)cnc2ccccc12. The fraction of sp³-hybridized carbons (Fsp3) is 0.176. The van der Waals surface area contributed by atoms with E-state index >= 15 is 0 Å². The van der Waals surface area contributed by atoms with Crippen LogP contribution in [0.5, 0.6) is 0 Å². The number of fused-ring (bicyclic) bond motifs is 1. The molecule has 0 aliphatic rings. The molecule has 0 saturated heterocycles. The Hall–Kier alpha value is -2.38. The summed E-state index contributed by atoms with van der Waals surface area (Å²) in [5.74, 6) is 0. The molecule has 4 heteroatoms. The second kappa shape index (κ2) is 5.94. The zero-order valence-electron chi connectivity index (χ0n) is 11.7. The first-order chi connectivity index (χ1) is 10.3. The van der Waals surface area contributed by atoms with Gasteiger partial charge in [0.25, 0.3) is 0 Å². The number of aromatic nitrogens is 1. The van der Waals surface area contributed by atoms with Gasteiger partial charge >= 0.3 is 0 Å². The number of hydrogen-bond donors (Lipinski definition) is 1. The van der Waals surface area contributed by atoms with Crippen LogP contribution in [0.3, 0.4) is 0 Å². The van der Waals surface area contributed by atoms with Gasteiger partial charge in [0.05, 0.1) is 16.8 Å². The van der Waals surface area contributed by atoms with E-state index in [-0.39, 0.29) is 6.04 Å². The molecular weight excluding hydrogens is 278 g/mol. The predicted octanol–water partition coefficient (Wildman–Crippen LogP) is 4.21. The molecule has 104 valence electrons. The molecule has 0 saturated carbocycles. The van der Waals surface area contributed by atoms with E-state index in [1.165, 1.54) is 4.88 Å². The van der Waals surface area contributed by atoms with Gasteiger partial charge in [0.15, 0.2) is 0 Å². The molecule has 2 aromatic heterocycles. The van der Waals surface area contributed by atoms with Crippen molar-refractivity contribution in [2.45, 2.75) is 19.4 Å². The van der Waals surface area contributed by atoms with Crippen LogP contribution in [0.25, 0.3) is 10.9 Å². The summed E-state index contributed by atoms with van der Waals surface area (Å²) in [6.07, 6.45) is 2.59. The first kappa shape index (κ1) is 13.6. The van der Waals surface area contributed by atoms with Crippen molar-refractivity contribution in [3.8, 4) is 6.07 Å². The van der Waals surface area contributed by atoms with E-state index in [0.29, 0.717) is 5.56 Å². The molecule has 1 unspecified atom stereocenters. The normalized spacial score (nSPS) is 12.0. The van der Waals surface area contributed by atoms with Gasteiger partial charge < -0.3 is 5.32 Å². The largest absolute Gasteiger partial charge is 0.381 e. The maximum absolute atomic E-state index is 9.32. The van der Waals surface area contributed by atoms with Gasteiger partial charge in [-0.25, -0.2) is 0 Å². The maximum Gasteiger partial charge on any atom is 0.103 e. The second-order valence-electron chi connectivity index (χ2n) is 5.00. The number of anilines is 1. The topological polar surface area (TPSA) is 48.7 Å². The van der Waals surface area contributed by atoms with Crippen LogP contribution in [0, 0.1) is 11.3 Å². The number of para-hydroxylation sites is 1. The van der Waals surface area contributed by atoms with Gasteiger partial charge in [-0.2, -0.15) is 5.26 Å². The van der Waals surface area contributed by atoms with Crippen molar-refractivity contribution in [1.29, 1.82) is 5.26 Å². The number of nitriles is 1. The minimum Gasteiger partial charge on any atom is -0.381 e. The molecule has 1 aromatic carbocycles. The van der Waals surface area contributed by atoms with Crippen LogP contribution in [0.1, 0.15) is 17.4 Å². The van der Waals surface area contributed by atoms with Crippen molar-refractivity contribution in [3.63, 3.8) is 0 Å².